The van der Waals surface area contributed by atoms with Crippen LogP contribution in [0.1, 0.15) is 19.3 Å². The van der Waals surface area contributed by atoms with Crippen molar-refractivity contribution in [1.82, 2.24) is 5.48 Å². The molecule has 3 rings (SSSR count). The Balaban J connectivity index is 1.86. The first-order valence-electron chi connectivity index (χ1n) is 8.10. The minimum absolute atomic E-state index is 0.0117. The molecule has 1 saturated carbocycles. The largest absolute Gasteiger partial charge is 0.457 e. The first-order chi connectivity index (χ1) is 12.4. The lowest BCUT2D eigenvalue weighted by Crippen LogP contribution is -2.59. The lowest BCUT2D eigenvalue weighted by molar-refractivity contribution is -0.141. The topological polar surface area (TPSA) is 113 Å². The van der Waals surface area contributed by atoms with Crippen LogP contribution in [0.3, 0.4) is 0 Å². The number of rotatable bonds is 6. The summed E-state index contributed by atoms with van der Waals surface area (Å²) >= 11 is 0. The van der Waals surface area contributed by atoms with Gasteiger partial charge in [0.15, 0.2) is 15.9 Å². The molecule has 0 radical (unpaired) electrons. The highest BCUT2D eigenvalue weighted by Crippen LogP contribution is 2.45. The molecule has 2 aromatic rings. The molecule has 26 heavy (non-hydrogen) atoms. The molecule has 1 aliphatic carbocycles. The van der Waals surface area contributed by atoms with Crippen LogP contribution in [0.4, 0.5) is 0 Å². The van der Waals surface area contributed by atoms with Crippen LogP contribution in [0.25, 0.3) is 0 Å². The molecular formula is C18H19NO6S. The fourth-order valence-electron chi connectivity index (χ4n) is 3.06. The number of hydrogen-bond acceptors (Lipinski definition) is 6. The van der Waals surface area contributed by atoms with Crippen molar-refractivity contribution >= 4 is 15.7 Å². The first-order valence-corrected chi connectivity index (χ1v) is 9.59. The second kappa shape index (κ2) is 7.06. The second-order valence-electron chi connectivity index (χ2n) is 6.19. The summed E-state index contributed by atoms with van der Waals surface area (Å²) in [6.45, 7) is 0. The highest BCUT2D eigenvalue weighted by molar-refractivity contribution is 7.93. The average Bonchev–Trinajstić information content (AvgIpc) is 2.61. The van der Waals surface area contributed by atoms with Gasteiger partial charge in [-0.2, -0.15) is 0 Å². The van der Waals surface area contributed by atoms with E-state index in [4.69, 9.17) is 9.94 Å². The Bertz CT molecular complexity index is 876. The number of benzene rings is 2. The first kappa shape index (κ1) is 18.4. The fourth-order valence-corrected chi connectivity index (χ4v) is 5.25. The van der Waals surface area contributed by atoms with Crippen LogP contribution in [0.2, 0.25) is 0 Å². The molecule has 1 unspecified atom stereocenters. The van der Waals surface area contributed by atoms with Gasteiger partial charge in [-0.1, -0.05) is 24.6 Å². The van der Waals surface area contributed by atoms with Crippen LogP contribution in [-0.4, -0.2) is 35.5 Å². The van der Waals surface area contributed by atoms with Crippen molar-refractivity contribution < 1.29 is 28.3 Å². The molecule has 1 fully saturated rings. The number of sulfone groups is 1. The average molecular weight is 377 g/mol. The summed E-state index contributed by atoms with van der Waals surface area (Å²) in [5.74, 6) is -0.0441. The van der Waals surface area contributed by atoms with Gasteiger partial charge in [-0.3, -0.25) is 10.0 Å². The summed E-state index contributed by atoms with van der Waals surface area (Å²) in [5, 5.41) is 18.9. The smallest absolute Gasteiger partial charge is 0.273 e. The SMILES string of the molecule is O=C(NO)C(O)C1(S(=O)(=O)c2ccc(Oc3ccccc3)cc2)CCC1. The van der Waals surface area contributed by atoms with Gasteiger partial charge in [0.25, 0.3) is 5.91 Å². The number of amides is 1. The van der Waals surface area contributed by atoms with E-state index < -0.39 is 26.6 Å². The van der Waals surface area contributed by atoms with E-state index in [0.29, 0.717) is 17.9 Å². The third-order valence-electron chi connectivity index (χ3n) is 4.70. The van der Waals surface area contributed by atoms with Crippen LogP contribution in [0.5, 0.6) is 11.5 Å². The third kappa shape index (κ3) is 3.07. The Morgan fingerprint density at radius 1 is 1.04 bits per heavy atom. The number of aliphatic hydroxyl groups excluding tert-OH is 1. The van der Waals surface area contributed by atoms with E-state index in [1.165, 1.54) is 29.7 Å². The maximum atomic E-state index is 13.0. The van der Waals surface area contributed by atoms with Gasteiger partial charge in [-0.05, 0) is 49.2 Å². The zero-order valence-corrected chi connectivity index (χ0v) is 14.6. The minimum Gasteiger partial charge on any atom is -0.457 e. The van der Waals surface area contributed by atoms with Crippen LogP contribution in [-0.2, 0) is 14.6 Å². The standard InChI is InChI=1S/C18H19NO6S/c20-16(17(21)19-22)18(11-4-12-18)26(23,24)15-9-7-14(8-10-15)25-13-5-2-1-3-6-13/h1-3,5-10,16,20,22H,4,11-12H2,(H,19,21). The van der Waals surface area contributed by atoms with Gasteiger partial charge in [0.05, 0.1) is 4.90 Å². The van der Waals surface area contributed by atoms with Crippen molar-refractivity contribution in [2.75, 3.05) is 0 Å². The van der Waals surface area contributed by atoms with Gasteiger partial charge in [0.2, 0.25) is 0 Å². The van der Waals surface area contributed by atoms with Gasteiger partial charge in [0, 0.05) is 0 Å². The lowest BCUT2D eigenvalue weighted by Gasteiger charge is -2.43. The van der Waals surface area contributed by atoms with E-state index in [1.54, 1.807) is 12.1 Å². The molecule has 0 spiro atoms. The monoisotopic (exact) mass is 377 g/mol. The molecule has 0 saturated heterocycles. The zero-order chi connectivity index (χ0) is 18.8. The number of hydroxylamine groups is 1. The Labute approximate surface area is 151 Å². The molecule has 0 aromatic heterocycles. The number of ether oxygens (including phenoxy) is 1. The summed E-state index contributed by atoms with van der Waals surface area (Å²) in [6.07, 6.45) is -0.978. The van der Waals surface area contributed by atoms with Crippen molar-refractivity contribution in [1.29, 1.82) is 0 Å². The predicted octanol–water partition coefficient (Wildman–Crippen LogP) is 2.04. The molecule has 0 heterocycles. The van der Waals surface area contributed by atoms with Gasteiger partial charge in [0.1, 0.15) is 16.2 Å². The van der Waals surface area contributed by atoms with Crippen molar-refractivity contribution in [3.05, 3.63) is 54.6 Å². The molecule has 1 atom stereocenters. The van der Waals surface area contributed by atoms with Crippen LogP contribution in [0.15, 0.2) is 59.5 Å². The molecule has 0 aliphatic heterocycles. The van der Waals surface area contributed by atoms with Crippen molar-refractivity contribution in [2.45, 2.75) is 35.0 Å². The third-order valence-corrected chi connectivity index (χ3v) is 7.30. The Morgan fingerprint density at radius 3 is 2.12 bits per heavy atom. The Kier molecular flexibility index (Phi) is 4.99. The quantitative estimate of drug-likeness (QED) is 0.524. The number of aliphatic hydroxyl groups is 1. The molecule has 7 nitrogen and oxygen atoms in total. The molecule has 138 valence electrons. The number of nitrogens with one attached hydrogen (secondary N) is 1. The highest BCUT2D eigenvalue weighted by atomic mass is 32.2. The maximum Gasteiger partial charge on any atom is 0.273 e. The highest BCUT2D eigenvalue weighted by Gasteiger charge is 2.57. The second-order valence-corrected chi connectivity index (χ2v) is 8.48. The Morgan fingerprint density at radius 2 is 1.62 bits per heavy atom. The maximum absolute atomic E-state index is 13.0. The molecule has 8 heteroatoms. The summed E-state index contributed by atoms with van der Waals surface area (Å²) in [4.78, 5) is 11.6. The molecule has 3 N–H and O–H groups in total. The van der Waals surface area contributed by atoms with Gasteiger partial charge >= 0.3 is 0 Å². The van der Waals surface area contributed by atoms with Gasteiger partial charge in [-0.15, -0.1) is 0 Å². The number of para-hydroxylation sites is 1. The number of carbonyl (C=O) groups is 1. The molecule has 2 aromatic carbocycles. The number of hydrogen-bond donors (Lipinski definition) is 3. The van der Waals surface area contributed by atoms with Gasteiger partial charge < -0.3 is 9.84 Å². The van der Waals surface area contributed by atoms with Crippen LogP contribution in [0, 0.1) is 0 Å². The van der Waals surface area contributed by atoms with Crippen molar-refractivity contribution in [3.8, 4) is 11.5 Å². The zero-order valence-electron chi connectivity index (χ0n) is 13.8. The van der Waals surface area contributed by atoms with E-state index in [1.807, 2.05) is 18.2 Å². The molecular weight excluding hydrogens is 358 g/mol. The van der Waals surface area contributed by atoms with Crippen molar-refractivity contribution in [3.63, 3.8) is 0 Å². The summed E-state index contributed by atoms with van der Waals surface area (Å²) in [6, 6.07) is 14.9. The molecule has 1 amide bonds. The minimum atomic E-state index is -3.99. The fraction of sp³-hybridized carbons (Fsp3) is 0.278. The lowest BCUT2D eigenvalue weighted by atomic mass is 9.79. The number of carbonyl (C=O) groups excluding carboxylic acids is 1. The summed E-state index contributed by atoms with van der Waals surface area (Å²) in [7, 11) is -3.99. The van der Waals surface area contributed by atoms with Crippen LogP contribution < -0.4 is 10.2 Å². The molecule has 0 bridgehead atoms. The Hall–Kier alpha value is -2.42. The summed E-state index contributed by atoms with van der Waals surface area (Å²) in [5.41, 5.74) is 1.33. The van der Waals surface area contributed by atoms with Crippen LogP contribution >= 0.6 is 0 Å². The van der Waals surface area contributed by atoms with Gasteiger partial charge in [-0.25, -0.2) is 13.9 Å². The normalized spacial score (nSPS) is 17.0. The van der Waals surface area contributed by atoms with E-state index in [0.717, 1.165) is 0 Å². The van der Waals surface area contributed by atoms with E-state index in [2.05, 4.69) is 0 Å². The van der Waals surface area contributed by atoms with E-state index in [-0.39, 0.29) is 17.7 Å². The van der Waals surface area contributed by atoms with Crippen molar-refractivity contribution in [2.24, 2.45) is 0 Å². The molecule has 1 aliphatic rings. The summed E-state index contributed by atoms with van der Waals surface area (Å²) < 4.78 is 30.0. The predicted molar refractivity (Wildman–Crippen MR) is 92.7 cm³/mol. The van der Waals surface area contributed by atoms with E-state index in [9.17, 15) is 18.3 Å². The van der Waals surface area contributed by atoms with E-state index >= 15 is 0 Å².